The maximum absolute atomic E-state index is 5.95. The minimum atomic E-state index is 0.0978. The van der Waals surface area contributed by atoms with Crippen molar-refractivity contribution < 1.29 is 4.74 Å². The lowest BCUT2D eigenvalue weighted by Crippen LogP contribution is -2.07. The van der Waals surface area contributed by atoms with E-state index in [2.05, 4.69) is 52.7 Å². The average molecular weight is 390 g/mol. The number of thiophene rings is 1. The van der Waals surface area contributed by atoms with Gasteiger partial charge in [-0.3, -0.25) is 0 Å². The summed E-state index contributed by atoms with van der Waals surface area (Å²) in [6.07, 6.45) is 1.71. The number of aryl methyl sites for hydroxylation is 2. The van der Waals surface area contributed by atoms with Gasteiger partial charge in [-0.15, -0.1) is 11.3 Å². The largest absolute Gasteiger partial charge is 0.489 e. The minimum Gasteiger partial charge on any atom is -0.489 e. The first-order valence-corrected chi connectivity index (χ1v) is 10.2. The standard InChI is InChI=1S/C23H23N3OS/c1-14(2)27-20-8-6-5-7-19(20)26-22-21-18(12-28-23(21)25-13-24-22)17-10-9-15(3)16(4)11-17/h5-14H,1-4H3,(H,24,25,26). The van der Waals surface area contributed by atoms with Crippen LogP contribution in [-0.4, -0.2) is 16.1 Å². The number of para-hydroxylation sites is 2. The molecule has 0 aliphatic heterocycles. The number of anilines is 2. The summed E-state index contributed by atoms with van der Waals surface area (Å²) in [7, 11) is 0. The Morgan fingerprint density at radius 2 is 1.82 bits per heavy atom. The molecular formula is C23H23N3OS. The summed E-state index contributed by atoms with van der Waals surface area (Å²) in [4.78, 5) is 9.99. The van der Waals surface area contributed by atoms with Gasteiger partial charge in [0.1, 0.15) is 22.7 Å². The zero-order valence-electron chi connectivity index (χ0n) is 16.5. The molecule has 4 rings (SSSR count). The predicted octanol–water partition coefficient (Wildman–Crippen LogP) is 6.51. The summed E-state index contributed by atoms with van der Waals surface area (Å²) in [5.74, 6) is 1.60. The molecule has 0 spiro atoms. The monoisotopic (exact) mass is 389 g/mol. The van der Waals surface area contributed by atoms with Crippen molar-refractivity contribution in [2.75, 3.05) is 5.32 Å². The first kappa shape index (κ1) is 18.4. The lowest BCUT2D eigenvalue weighted by Gasteiger charge is -2.15. The van der Waals surface area contributed by atoms with E-state index in [1.54, 1.807) is 17.7 Å². The molecule has 0 bridgehead atoms. The van der Waals surface area contributed by atoms with Crippen molar-refractivity contribution in [2.24, 2.45) is 0 Å². The first-order chi connectivity index (χ1) is 13.5. The van der Waals surface area contributed by atoms with E-state index in [1.807, 2.05) is 38.1 Å². The fourth-order valence-corrected chi connectivity index (χ4v) is 4.06. The Morgan fingerprint density at radius 1 is 1.00 bits per heavy atom. The van der Waals surface area contributed by atoms with E-state index >= 15 is 0 Å². The third-order valence-electron chi connectivity index (χ3n) is 4.69. The second-order valence-electron chi connectivity index (χ2n) is 7.14. The van der Waals surface area contributed by atoms with Crippen molar-refractivity contribution in [1.82, 2.24) is 9.97 Å². The quantitative estimate of drug-likeness (QED) is 0.423. The highest BCUT2D eigenvalue weighted by Gasteiger charge is 2.15. The van der Waals surface area contributed by atoms with Gasteiger partial charge >= 0.3 is 0 Å². The van der Waals surface area contributed by atoms with E-state index in [-0.39, 0.29) is 6.10 Å². The molecule has 0 saturated carbocycles. The van der Waals surface area contributed by atoms with Crippen LogP contribution in [0.4, 0.5) is 11.5 Å². The second kappa shape index (κ2) is 7.60. The third kappa shape index (κ3) is 3.58. The molecule has 0 aliphatic rings. The van der Waals surface area contributed by atoms with E-state index in [0.717, 1.165) is 33.0 Å². The molecule has 2 aromatic heterocycles. The van der Waals surface area contributed by atoms with Gasteiger partial charge < -0.3 is 10.1 Å². The van der Waals surface area contributed by atoms with E-state index in [0.29, 0.717) is 0 Å². The highest BCUT2D eigenvalue weighted by Crippen LogP contribution is 2.39. The van der Waals surface area contributed by atoms with Crippen LogP contribution in [-0.2, 0) is 0 Å². The highest BCUT2D eigenvalue weighted by atomic mass is 32.1. The van der Waals surface area contributed by atoms with Crippen LogP contribution in [0.3, 0.4) is 0 Å². The van der Waals surface area contributed by atoms with E-state index < -0.39 is 0 Å². The van der Waals surface area contributed by atoms with E-state index in [4.69, 9.17) is 4.74 Å². The van der Waals surface area contributed by atoms with Gasteiger partial charge in [-0.1, -0.05) is 30.3 Å². The number of ether oxygens (including phenoxy) is 1. The summed E-state index contributed by atoms with van der Waals surface area (Å²) in [6.45, 7) is 8.32. The third-order valence-corrected chi connectivity index (χ3v) is 5.58. The molecule has 4 aromatic rings. The zero-order chi connectivity index (χ0) is 19.7. The van der Waals surface area contributed by atoms with Crippen LogP contribution in [0.25, 0.3) is 21.3 Å². The number of hydrogen-bond donors (Lipinski definition) is 1. The molecule has 142 valence electrons. The second-order valence-corrected chi connectivity index (χ2v) is 8.00. The fraction of sp³-hybridized carbons (Fsp3) is 0.217. The highest BCUT2D eigenvalue weighted by molar-refractivity contribution is 7.17. The number of fused-ring (bicyclic) bond motifs is 1. The predicted molar refractivity (Wildman–Crippen MR) is 118 cm³/mol. The lowest BCUT2D eigenvalue weighted by molar-refractivity contribution is 0.244. The molecule has 2 heterocycles. The fourth-order valence-electron chi connectivity index (χ4n) is 3.15. The van der Waals surface area contributed by atoms with Gasteiger partial charge in [0.05, 0.1) is 17.2 Å². The zero-order valence-corrected chi connectivity index (χ0v) is 17.3. The van der Waals surface area contributed by atoms with Gasteiger partial charge in [-0.05, 0) is 56.5 Å². The van der Waals surface area contributed by atoms with Gasteiger partial charge in [0.15, 0.2) is 0 Å². The van der Waals surface area contributed by atoms with Crippen LogP contribution < -0.4 is 10.1 Å². The van der Waals surface area contributed by atoms with Gasteiger partial charge in [0.25, 0.3) is 0 Å². The number of nitrogens with zero attached hydrogens (tertiary/aromatic N) is 2. The maximum Gasteiger partial charge on any atom is 0.143 e. The summed E-state index contributed by atoms with van der Waals surface area (Å²) >= 11 is 1.64. The molecule has 0 amide bonds. The Bertz CT molecular complexity index is 1130. The van der Waals surface area contributed by atoms with Gasteiger partial charge in [0, 0.05) is 10.9 Å². The van der Waals surface area contributed by atoms with E-state index in [1.165, 1.54) is 16.7 Å². The first-order valence-electron chi connectivity index (χ1n) is 9.35. The molecule has 4 nitrogen and oxygen atoms in total. The molecule has 0 radical (unpaired) electrons. The molecule has 28 heavy (non-hydrogen) atoms. The van der Waals surface area contributed by atoms with E-state index in [9.17, 15) is 0 Å². The Labute approximate surface area is 169 Å². The van der Waals surface area contributed by atoms with Crippen LogP contribution in [0, 0.1) is 13.8 Å². The molecule has 0 atom stereocenters. The number of hydrogen-bond acceptors (Lipinski definition) is 5. The molecule has 0 saturated heterocycles. The lowest BCUT2D eigenvalue weighted by atomic mass is 10.0. The molecule has 2 aromatic carbocycles. The Hall–Kier alpha value is -2.92. The van der Waals surface area contributed by atoms with Crippen molar-refractivity contribution in [2.45, 2.75) is 33.8 Å². The van der Waals surface area contributed by atoms with Gasteiger partial charge in [-0.2, -0.15) is 0 Å². The molecule has 0 aliphatic carbocycles. The summed E-state index contributed by atoms with van der Waals surface area (Å²) in [6, 6.07) is 14.5. The number of benzene rings is 2. The summed E-state index contributed by atoms with van der Waals surface area (Å²) in [5, 5.41) is 6.67. The summed E-state index contributed by atoms with van der Waals surface area (Å²) < 4.78 is 5.95. The number of nitrogens with one attached hydrogen (secondary N) is 1. The smallest absolute Gasteiger partial charge is 0.143 e. The van der Waals surface area contributed by atoms with Crippen molar-refractivity contribution in [1.29, 1.82) is 0 Å². The molecule has 5 heteroatoms. The van der Waals surface area contributed by atoms with Crippen LogP contribution in [0.5, 0.6) is 5.75 Å². The van der Waals surface area contributed by atoms with Gasteiger partial charge in [-0.25, -0.2) is 9.97 Å². The molecule has 1 N–H and O–H groups in total. The molecule has 0 fully saturated rings. The molecule has 0 unspecified atom stereocenters. The van der Waals surface area contributed by atoms with Crippen LogP contribution in [0.15, 0.2) is 54.2 Å². The Morgan fingerprint density at radius 3 is 2.61 bits per heavy atom. The SMILES string of the molecule is Cc1ccc(-c2csc3ncnc(Nc4ccccc4OC(C)C)c23)cc1C. The average Bonchev–Trinajstić information content (AvgIpc) is 3.10. The van der Waals surface area contributed by atoms with Crippen molar-refractivity contribution >= 4 is 33.1 Å². The van der Waals surface area contributed by atoms with Crippen molar-refractivity contribution in [3.05, 3.63) is 65.3 Å². The maximum atomic E-state index is 5.95. The molecular weight excluding hydrogens is 366 g/mol. The normalized spacial score (nSPS) is 11.2. The van der Waals surface area contributed by atoms with Crippen molar-refractivity contribution in [3.8, 4) is 16.9 Å². The Kier molecular flexibility index (Phi) is 5.01. The Balaban J connectivity index is 1.81. The van der Waals surface area contributed by atoms with Crippen LogP contribution >= 0.6 is 11.3 Å². The number of aromatic nitrogens is 2. The minimum absolute atomic E-state index is 0.0978. The number of rotatable bonds is 5. The van der Waals surface area contributed by atoms with Crippen LogP contribution in [0.1, 0.15) is 25.0 Å². The van der Waals surface area contributed by atoms with Crippen molar-refractivity contribution in [3.63, 3.8) is 0 Å². The van der Waals surface area contributed by atoms with Gasteiger partial charge in [0.2, 0.25) is 0 Å². The topological polar surface area (TPSA) is 47.0 Å². The summed E-state index contributed by atoms with van der Waals surface area (Å²) in [5.41, 5.74) is 5.79. The van der Waals surface area contributed by atoms with Crippen LogP contribution in [0.2, 0.25) is 0 Å².